The van der Waals surface area contributed by atoms with Crippen molar-refractivity contribution in [3.63, 3.8) is 0 Å². The van der Waals surface area contributed by atoms with E-state index in [1.54, 1.807) is 12.1 Å². The standard InChI is InChI=1S/C13H9N3O3S/c17-11-7-14-12(10-4-5-20-13(10)15-11)8-2-1-3-9(6-8)16(18)19/h1-6H,7H2,(H,15,17). The molecule has 0 fully saturated rings. The van der Waals surface area contributed by atoms with E-state index in [2.05, 4.69) is 10.3 Å². The molecule has 0 saturated heterocycles. The second-order valence-electron chi connectivity index (χ2n) is 4.18. The first kappa shape index (κ1) is 12.5. The first-order valence-corrected chi connectivity index (χ1v) is 6.70. The van der Waals surface area contributed by atoms with E-state index in [0.717, 1.165) is 10.6 Å². The molecule has 0 saturated carbocycles. The Kier molecular flexibility index (Phi) is 3.03. The average molecular weight is 287 g/mol. The minimum absolute atomic E-state index is 0.00510. The van der Waals surface area contributed by atoms with Crippen LogP contribution in [0.1, 0.15) is 11.1 Å². The van der Waals surface area contributed by atoms with Gasteiger partial charge in [-0.2, -0.15) is 0 Å². The molecular formula is C13H9N3O3S. The second kappa shape index (κ2) is 4.86. The van der Waals surface area contributed by atoms with E-state index in [-0.39, 0.29) is 18.1 Å². The third kappa shape index (κ3) is 2.19. The summed E-state index contributed by atoms with van der Waals surface area (Å²) in [5.74, 6) is -0.186. The highest BCUT2D eigenvalue weighted by Crippen LogP contribution is 2.28. The highest BCUT2D eigenvalue weighted by atomic mass is 32.1. The van der Waals surface area contributed by atoms with E-state index in [9.17, 15) is 14.9 Å². The van der Waals surface area contributed by atoms with Gasteiger partial charge >= 0.3 is 0 Å². The zero-order valence-electron chi connectivity index (χ0n) is 10.2. The number of nitrogens with one attached hydrogen (secondary N) is 1. The van der Waals surface area contributed by atoms with Crippen molar-refractivity contribution in [2.75, 3.05) is 11.9 Å². The summed E-state index contributed by atoms with van der Waals surface area (Å²) in [5, 5.41) is 16.2. The van der Waals surface area contributed by atoms with Crippen LogP contribution < -0.4 is 5.32 Å². The number of hydrogen-bond donors (Lipinski definition) is 1. The molecule has 3 rings (SSSR count). The third-order valence-corrected chi connectivity index (χ3v) is 3.71. The summed E-state index contributed by atoms with van der Waals surface area (Å²) >= 11 is 1.40. The molecule has 1 aliphatic rings. The lowest BCUT2D eigenvalue weighted by Gasteiger charge is -2.05. The van der Waals surface area contributed by atoms with Crippen molar-refractivity contribution in [1.29, 1.82) is 0 Å². The molecule has 0 unspecified atom stereocenters. The molecule has 6 nitrogen and oxygen atoms in total. The summed E-state index contributed by atoms with van der Waals surface area (Å²) in [6, 6.07) is 8.11. The van der Waals surface area contributed by atoms with Crippen LogP contribution >= 0.6 is 11.3 Å². The van der Waals surface area contributed by atoms with Crippen molar-refractivity contribution in [1.82, 2.24) is 0 Å². The first-order valence-electron chi connectivity index (χ1n) is 5.82. The topological polar surface area (TPSA) is 84.6 Å². The molecule has 1 amide bonds. The zero-order valence-corrected chi connectivity index (χ0v) is 11.0. The SMILES string of the molecule is O=C1CN=C(c2cccc([N+](=O)[O-])c2)c2ccsc2N1. The number of nitrogens with zero attached hydrogens (tertiary/aromatic N) is 2. The Hall–Kier alpha value is -2.54. The molecule has 0 spiro atoms. The van der Waals surface area contributed by atoms with Gasteiger partial charge in [0.2, 0.25) is 5.91 Å². The Balaban J connectivity index is 2.12. The Morgan fingerprint density at radius 2 is 2.20 bits per heavy atom. The van der Waals surface area contributed by atoms with Crippen LogP contribution in [-0.4, -0.2) is 23.1 Å². The van der Waals surface area contributed by atoms with Crippen LogP contribution in [0.3, 0.4) is 0 Å². The molecular weight excluding hydrogens is 278 g/mol. The summed E-state index contributed by atoms with van der Waals surface area (Å²) in [5.41, 5.74) is 2.03. The third-order valence-electron chi connectivity index (χ3n) is 2.88. The molecule has 100 valence electrons. The van der Waals surface area contributed by atoms with Gasteiger partial charge in [0.05, 0.1) is 10.6 Å². The van der Waals surface area contributed by atoms with Gasteiger partial charge in [0.15, 0.2) is 0 Å². The van der Waals surface area contributed by atoms with E-state index in [4.69, 9.17) is 0 Å². The lowest BCUT2D eigenvalue weighted by Crippen LogP contribution is -2.12. The number of rotatable bonds is 2. The summed E-state index contributed by atoms with van der Waals surface area (Å²) in [4.78, 5) is 26.3. The summed E-state index contributed by atoms with van der Waals surface area (Å²) in [6.07, 6.45) is 0. The van der Waals surface area contributed by atoms with Gasteiger partial charge in [0.25, 0.3) is 5.69 Å². The largest absolute Gasteiger partial charge is 0.316 e. The van der Waals surface area contributed by atoms with Gasteiger partial charge in [-0.1, -0.05) is 12.1 Å². The number of fused-ring (bicyclic) bond motifs is 1. The van der Waals surface area contributed by atoms with Crippen molar-refractivity contribution < 1.29 is 9.72 Å². The maximum absolute atomic E-state index is 11.6. The van der Waals surface area contributed by atoms with E-state index < -0.39 is 4.92 Å². The number of nitro benzene ring substituents is 1. The van der Waals surface area contributed by atoms with Crippen molar-refractivity contribution in [3.05, 3.63) is 57.0 Å². The molecule has 0 aliphatic carbocycles. The predicted octanol–water partition coefficient (Wildman–Crippen LogP) is 2.45. The summed E-state index contributed by atoms with van der Waals surface area (Å²) < 4.78 is 0. The Labute approximate surface area is 117 Å². The maximum atomic E-state index is 11.6. The minimum atomic E-state index is -0.446. The number of carbonyl (C=O) groups excluding carboxylic acids is 1. The first-order chi connectivity index (χ1) is 9.65. The number of anilines is 1. The Morgan fingerprint density at radius 3 is 3.00 bits per heavy atom. The fraction of sp³-hybridized carbons (Fsp3) is 0.0769. The molecule has 7 heteroatoms. The van der Waals surface area contributed by atoms with Gasteiger partial charge in [-0.25, -0.2) is 0 Å². The van der Waals surface area contributed by atoms with Crippen LogP contribution in [0.5, 0.6) is 0 Å². The predicted molar refractivity (Wildman–Crippen MR) is 76.6 cm³/mol. The van der Waals surface area contributed by atoms with Crippen LogP contribution in [0.25, 0.3) is 0 Å². The summed E-state index contributed by atoms with van der Waals surface area (Å²) in [7, 11) is 0. The second-order valence-corrected chi connectivity index (χ2v) is 5.10. The fourth-order valence-corrected chi connectivity index (χ4v) is 2.81. The van der Waals surface area contributed by atoms with Gasteiger partial charge in [-0.05, 0) is 11.4 Å². The van der Waals surface area contributed by atoms with Crippen LogP contribution in [-0.2, 0) is 4.79 Å². The van der Waals surface area contributed by atoms with Crippen molar-refractivity contribution in [3.8, 4) is 0 Å². The van der Waals surface area contributed by atoms with Crippen molar-refractivity contribution in [2.24, 2.45) is 4.99 Å². The van der Waals surface area contributed by atoms with Crippen LogP contribution in [0.2, 0.25) is 0 Å². The maximum Gasteiger partial charge on any atom is 0.270 e. The number of carbonyl (C=O) groups is 1. The lowest BCUT2D eigenvalue weighted by molar-refractivity contribution is -0.384. The normalized spacial score (nSPS) is 14.0. The van der Waals surface area contributed by atoms with E-state index in [0.29, 0.717) is 11.3 Å². The quantitative estimate of drug-likeness (QED) is 0.680. The molecule has 1 aromatic heterocycles. The number of non-ortho nitro benzene ring substituents is 1. The number of aliphatic imine (C=N–C) groups is 1. The molecule has 1 N–H and O–H groups in total. The highest BCUT2D eigenvalue weighted by Gasteiger charge is 2.20. The number of benzene rings is 1. The van der Waals surface area contributed by atoms with Crippen molar-refractivity contribution >= 4 is 33.6 Å². The molecule has 2 heterocycles. The monoisotopic (exact) mass is 287 g/mol. The average Bonchev–Trinajstić information content (AvgIpc) is 2.81. The molecule has 0 bridgehead atoms. The minimum Gasteiger partial charge on any atom is -0.316 e. The lowest BCUT2D eigenvalue weighted by atomic mass is 10.0. The molecule has 0 radical (unpaired) electrons. The van der Waals surface area contributed by atoms with Gasteiger partial charge in [-0.3, -0.25) is 19.9 Å². The molecule has 2 aromatic rings. The van der Waals surface area contributed by atoms with Crippen LogP contribution in [0.4, 0.5) is 10.7 Å². The van der Waals surface area contributed by atoms with Gasteiger partial charge in [0, 0.05) is 23.3 Å². The Bertz CT molecular complexity index is 736. The summed E-state index contributed by atoms with van der Waals surface area (Å²) in [6.45, 7) is 0.0133. The number of nitro groups is 1. The number of thiophene rings is 1. The smallest absolute Gasteiger partial charge is 0.270 e. The molecule has 1 aromatic carbocycles. The van der Waals surface area contributed by atoms with Crippen LogP contribution in [0.15, 0.2) is 40.7 Å². The number of amides is 1. The molecule has 1 aliphatic heterocycles. The fourth-order valence-electron chi connectivity index (χ4n) is 2.01. The van der Waals surface area contributed by atoms with E-state index >= 15 is 0 Å². The van der Waals surface area contributed by atoms with E-state index in [1.165, 1.54) is 23.5 Å². The number of hydrogen-bond acceptors (Lipinski definition) is 5. The van der Waals surface area contributed by atoms with E-state index in [1.807, 2.05) is 11.4 Å². The highest BCUT2D eigenvalue weighted by molar-refractivity contribution is 7.14. The van der Waals surface area contributed by atoms with Gasteiger partial charge < -0.3 is 5.32 Å². The zero-order chi connectivity index (χ0) is 14.1. The Morgan fingerprint density at radius 1 is 1.35 bits per heavy atom. The van der Waals surface area contributed by atoms with Gasteiger partial charge in [0.1, 0.15) is 11.5 Å². The van der Waals surface area contributed by atoms with Crippen LogP contribution in [0, 0.1) is 10.1 Å². The molecule has 0 atom stereocenters. The van der Waals surface area contributed by atoms with Crippen molar-refractivity contribution in [2.45, 2.75) is 0 Å². The molecule has 20 heavy (non-hydrogen) atoms. The van der Waals surface area contributed by atoms with Gasteiger partial charge in [-0.15, -0.1) is 11.3 Å².